The Morgan fingerprint density at radius 3 is 2.47 bits per heavy atom. The van der Waals surface area contributed by atoms with Crippen LogP contribution in [0.5, 0.6) is 0 Å². The zero-order chi connectivity index (χ0) is 11.0. The van der Waals surface area contributed by atoms with Crippen molar-refractivity contribution in [3.63, 3.8) is 0 Å². The van der Waals surface area contributed by atoms with Crippen LogP contribution < -0.4 is 5.56 Å². The van der Waals surface area contributed by atoms with E-state index in [1.165, 1.54) is 6.07 Å². The number of benzene rings is 1. The second-order valence-electron chi connectivity index (χ2n) is 3.08. The molecule has 0 aliphatic rings. The van der Waals surface area contributed by atoms with Crippen molar-refractivity contribution in [1.82, 2.24) is 4.74 Å². The maximum Gasteiger partial charge on any atom is 0.287 e. The zero-order valence-corrected chi connectivity index (χ0v) is 9.34. The maximum atomic E-state index is 11.4. The topological polar surface area (TPSA) is 35.1 Å². The second kappa shape index (κ2) is 3.76. The fraction of sp³-hybridized carbons (Fsp3) is 0.100. The molecule has 2 aromatic rings. The van der Waals surface area contributed by atoms with E-state index >= 15 is 0 Å². The average molecular weight is 244 g/mol. The molecule has 5 heteroatoms. The van der Waals surface area contributed by atoms with Crippen LogP contribution in [0.25, 0.3) is 5.69 Å². The number of halogens is 2. The molecule has 78 valence electrons. The SMILES string of the molecule is Cc1cc(=O)n(-c2ccc(Cl)c(Cl)c2)o1. The highest BCUT2D eigenvalue weighted by molar-refractivity contribution is 6.42. The first kappa shape index (κ1) is 10.3. The molecule has 2 rings (SSSR count). The van der Waals surface area contributed by atoms with Crippen molar-refractivity contribution < 1.29 is 4.52 Å². The van der Waals surface area contributed by atoms with Gasteiger partial charge in [0.25, 0.3) is 5.56 Å². The lowest BCUT2D eigenvalue weighted by Crippen LogP contribution is -2.10. The molecule has 1 heterocycles. The molecule has 0 atom stereocenters. The van der Waals surface area contributed by atoms with Gasteiger partial charge in [-0.05, 0) is 25.1 Å². The molecule has 0 spiro atoms. The Labute approximate surface area is 95.8 Å². The molecule has 0 amide bonds. The predicted octanol–water partition coefficient (Wildman–Crippen LogP) is 3.05. The van der Waals surface area contributed by atoms with Gasteiger partial charge >= 0.3 is 0 Å². The molecule has 0 aliphatic carbocycles. The summed E-state index contributed by atoms with van der Waals surface area (Å²) in [5.41, 5.74) is 0.327. The summed E-state index contributed by atoms with van der Waals surface area (Å²) >= 11 is 11.6. The van der Waals surface area contributed by atoms with Crippen LogP contribution in [0.15, 0.2) is 33.6 Å². The summed E-state index contributed by atoms with van der Waals surface area (Å²) < 4.78 is 6.36. The average Bonchev–Trinajstić information content (AvgIpc) is 2.50. The molecule has 0 saturated carbocycles. The standard InChI is InChI=1S/C10H7Cl2NO2/c1-6-4-10(14)13(15-6)7-2-3-8(11)9(12)5-7/h2-5H,1H3. The number of hydrogen-bond donors (Lipinski definition) is 0. The van der Waals surface area contributed by atoms with Crippen LogP contribution in [0, 0.1) is 6.92 Å². The molecule has 0 saturated heterocycles. The molecule has 3 nitrogen and oxygen atoms in total. The van der Waals surface area contributed by atoms with Crippen LogP contribution in [0.2, 0.25) is 10.0 Å². The zero-order valence-electron chi connectivity index (χ0n) is 7.83. The monoisotopic (exact) mass is 243 g/mol. The second-order valence-corrected chi connectivity index (χ2v) is 3.89. The lowest BCUT2D eigenvalue weighted by molar-refractivity contribution is 0.322. The third-order valence-electron chi connectivity index (χ3n) is 1.90. The predicted molar refractivity (Wildman–Crippen MR) is 59.1 cm³/mol. The van der Waals surface area contributed by atoms with Gasteiger partial charge in [-0.2, -0.15) is 0 Å². The molecule has 0 unspecified atom stereocenters. The summed E-state index contributed by atoms with van der Waals surface area (Å²) in [6.07, 6.45) is 0. The largest absolute Gasteiger partial charge is 0.376 e. The van der Waals surface area contributed by atoms with Gasteiger partial charge in [-0.3, -0.25) is 4.79 Å². The fourth-order valence-corrected chi connectivity index (χ4v) is 1.53. The van der Waals surface area contributed by atoms with E-state index in [4.69, 9.17) is 27.7 Å². The molecule has 15 heavy (non-hydrogen) atoms. The molecular formula is C10H7Cl2NO2. The molecule has 0 fully saturated rings. The Hall–Kier alpha value is -1.19. The first-order valence-electron chi connectivity index (χ1n) is 4.23. The van der Waals surface area contributed by atoms with Crippen molar-refractivity contribution in [3.8, 4) is 5.69 Å². The van der Waals surface area contributed by atoms with Crippen LogP contribution in [0.1, 0.15) is 5.76 Å². The minimum Gasteiger partial charge on any atom is -0.376 e. The van der Waals surface area contributed by atoms with Gasteiger partial charge < -0.3 is 4.52 Å². The van der Waals surface area contributed by atoms with Gasteiger partial charge in [0.05, 0.1) is 15.7 Å². The van der Waals surface area contributed by atoms with Crippen LogP contribution in [0.4, 0.5) is 0 Å². The van der Waals surface area contributed by atoms with E-state index in [9.17, 15) is 4.79 Å². The molecule has 0 bridgehead atoms. The van der Waals surface area contributed by atoms with Gasteiger partial charge in [0, 0.05) is 6.07 Å². The van der Waals surface area contributed by atoms with E-state index in [0.717, 1.165) is 4.74 Å². The first-order valence-corrected chi connectivity index (χ1v) is 4.99. The molecule has 1 aromatic heterocycles. The van der Waals surface area contributed by atoms with Crippen molar-refractivity contribution in [2.45, 2.75) is 6.92 Å². The third-order valence-corrected chi connectivity index (χ3v) is 2.64. The van der Waals surface area contributed by atoms with Gasteiger partial charge in [-0.1, -0.05) is 23.2 Å². The van der Waals surface area contributed by atoms with Crippen molar-refractivity contribution >= 4 is 23.2 Å². The van der Waals surface area contributed by atoms with E-state index in [-0.39, 0.29) is 5.56 Å². The van der Waals surface area contributed by atoms with Gasteiger partial charge in [-0.15, -0.1) is 4.74 Å². The molecule has 0 aliphatic heterocycles. The third kappa shape index (κ3) is 1.94. The Morgan fingerprint density at radius 1 is 1.20 bits per heavy atom. The first-order chi connectivity index (χ1) is 7.08. The molecule has 1 aromatic carbocycles. The Morgan fingerprint density at radius 2 is 1.93 bits per heavy atom. The molecule has 0 radical (unpaired) electrons. The summed E-state index contributed by atoms with van der Waals surface area (Å²) in [7, 11) is 0. The summed E-state index contributed by atoms with van der Waals surface area (Å²) in [6.45, 7) is 1.70. The molecule has 0 N–H and O–H groups in total. The minimum absolute atomic E-state index is 0.231. The number of hydrogen-bond acceptors (Lipinski definition) is 2. The normalized spacial score (nSPS) is 10.6. The Bertz CT molecular complexity index is 557. The quantitative estimate of drug-likeness (QED) is 0.772. The summed E-state index contributed by atoms with van der Waals surface area (Å²) in [6, 6.07) is 6.26. The highest BCUT2D eigenvalue weighted by Crippen LogP contribution is 2.23. The van der Waals surface area contributed by atoms with Gasteiger partial charge in [0.2, 0.25) is 0 Å². The van der Waals surface area contributed by atoms with E-state index < -0.39 is 0 Å². The highest BCUT2D eigenvalue weighted by Gasteiger charge is 2.06. The Balaban J connectivity index is 2.59. The smallest absolute Gasteiger partial charge is 0.287 e. The minimum atomic E-state index is -0.231. The van der Waals surface area contributed by atoms with E-state index in [1.807, 2.05) is 0 Å². The van der Waals surface area contributed by atoms with Crippen LogP contribution >= 0.6 is 23.2 Å². The summed E-state index contributed by atoms with van der Waals surface area (Å²) in [4.78, 5) is 11.4. The maximum absolute atomic E-state index is 11.4. The fourth-order valence-electron chi connectivity index (χ4n) is 1.24. The van der Waals surface area contributed by atoms with Gasteiger partial charge in [0.1, 0.15) is 5.76 Å². The van der Waals surface area contributed by atoms with E-state index in [2.05, 4.69) is 0 Å². The molecular weight excluding hydrogens is 237 g/mol. The number of aryl methyl sites for hydroxylation is 1. The lowest BCUT2D eigenvalue weighted by Gasteiger charge is -2.01. The van der Waals surface area contributed by atoms with Crippen molar-refractivity contribution in [1.29, 1.82) is 0 Å². The highest BCUT2D eigenvalue weighted by atomic mass is 35.5. The van der Waals surface area contributed by atoms with Crippen LogP contribution in [-0.4, -0.2) is 4.74 Å². The van der Waals surface area contributed by atoms with Crippen molar-refractivity contribution in [2.75, 3.05) is 0 Å². The van der Waals surface area contributed by atoms with Gasteiger partial charge in [-0.25, -0.2) is 0 Å². The Kier molecular flexibility index (Phi) is 2.59. The van der Waals surface area contributed by atoms with Crippen LogP contribution in [-0.2, 0) is 0 Å². The number of nitrogens with zero attached hydrogens (tertiary/aromatic N) is 1. The number of aromatic nitrogens is 1. The van der Waals surface area contributed by atoms with Gasteiger partial charge in [0.15, 0.2) is 0 Å². The summed E-state index contributed by atoms with van der Waals surface area (Å²) in [5.74, 6) is 0.547. The number of rotatable bonds is 1. The van der Waals surface area contributed by atoms with Crippen molar-refractivity contribution in [2.24, 2.45) is 0 Å². The van der Waals surface area contributed by atoms with Crippen molar-refractivity contribution in [3.05, 3.63) is 50.4 Å². The van der Waals surface area contributed by atoms with E-state index in [0.29, 0.717) is 21.5 Å². The van der Waals surface area contributed by atoms with E-state index in [1.54, 1.807) is 25.1 Å². The van der Waals surface area contributed by atoms with Crippen LogP contribution in [0.3, 0.4) is 0 Å². The summed E-state index contributed by atoms with van der Waals surface area (Å²) in [5, 5.41) is 0.826. The lowest BCUT2D eigenvalue weighted by atomic mass is 10.3.